The van der Waals surface area contributed by atoms with E-state index in [-0.39, 0.29) is 18.5 Å². The van der Waals surface area contributed by atoms with Crippen molar-refractivity contribution < 1.29 is 13.2 Å². The Morgan fingerprint density at radius 3 is 2.33 bits per heavy atom. The van der Waals surface area contributed by atoms with E-state index >= 15 is 0 Å². The second-order valence-corrected chi connectivity index (χ2v) is 10.6. The zero-order chi connectivity index (χ0) is 23.4. The van der Waals surface area contributed by atoms with Crippen LogP contribution in [0.3, 0.4) is 0 Å². The summed E-state index contributed by atoms with van der Waals surface area (Å²) in [4.78, 5) is 13.3. The molecule has 0 fully saturated rings. The van der Waals surface area contributed by atoms with Crippen LogP contribution in [0.5, 0.6) is 0 Å². The molecule has 0 bridgehead atoms. The van der Waals surface area contributed by atoms with Gasteiger partial charge in [0.2, 0.25) is 10.0 Å². The maximum atomic E-state index is 13.3. The van der Waals surface area contributed by atoms with Gasteiger partial charge in [-0.25, -0.2) is 8.42 Å². The third-order valence-corrected chi connectivity index (χ3v) is 7.33. The number of aryl methyl sites for hydroxylation is 2. The first-order chi connectivity index (χ1) is 15.8. The van der Waals surface area contributed by atoms with E-state index in [1.807, 2.05) is 37.3 Å². The summed E-state index contributed by atoms with van der Waals surface area (Å²) < 4.78 is 26.7. The molecule has 6 heteroatoms. The molecule has 1 atom stereocenters. The van der Waals surface area contributed by atoms with Gasteiger partial charge in [-0.1, -0.05) is 60.7 Å². The van der Waals surface area contributed by atoms with Crippen LogP contribution in [0.15, 0.2) is 72.8 Å². The van der Waals surface area contributed by atoms with Gasteiger partial charge in [0.15, 0.2) is 0 Å². The number of sulfonamides is 1. The molecule has 4 rings (SSSR count). The summed E-state index contributed by atoms with van der Waals surface area (Å²) in [6.07, 6.45) is 5.80. The van der Waals surface area contributed by atoms with Gasteiger partial charge in [0, 0.05) is 0 Å². The van der Waals surface area contributed by atoms with Crippen LogP contribution < -0.4 is 9.62 Å². The molecule has 3 aromatic carbocycles. The normalized spacial score (nSPS) is 14.2. The summed E-state index contributed by atoms with van der Waals surface area (Å²) in [5, 5.41) is 3.07. The van der Waals surface area contributed by atoms with Crippen LogP contribution in [-0.2, 0) is 29.4 Å². The minimum Gasteiger partial charge on any atom is -0.345 e. The summed E-state index contributed by atoms with van der Waals surface area (Å²) in [6.45, 7) is 2.12. The highest BCUT2D eigenvalue weighted by Gasteiger charge is 2.24. The molecule has 172 valence electrons. The largest absolute Gasteiger partial charge is 0.345 e. The number of hydrogen-bond donors (Lipinski definition) is 1. The maximum absolute atomic E-state index is 13.3. The lowest BCUT2D eigenvalue weighted by Crippen LogP contribution is -2.33. The highest BCUT2D eigenvalue weighted by Crippen LogP contribution is 2.27. The van der Waals surface area contributed by atoms with Crippen molar-refractivity contribution >= 4 is 21.6 Å². The zero-order valence-electron chi connectivity index (χ0n) is 19.1. The molecule has 1 amide bonds. The SMILES string of the molecule is CC(NC(=O)c1ccccc1N(Cc1ccccc1)S(C)(=O)=O)c1ccc2c(c1)CCCC2. The fourth-order valence-corrected chi connectivity index (χ4v) is 5.29. The van der Waals surface area contributed by atoms with Gasteiger partial charge in [0.1, 0.15) is 0 Å². The molecule has 33 heavy (non-hydrogen) atoms. The summed E-state index contributed by atoms with van der Waals surface area (Å²) in [6, 6.07) is 22.5. The van der Waals surface area contributed by atoms with Crippen molar-refractivity contribution in [2.45, 2.75) is 45.2 Å². The number of hydrogen-bond acceptors (Lipinski definition) is 3. The Morgan fingerprint density at radius 2 is 1.61 bits per heavy atom. The lowest BCUT2D eigenvalue weighted by molar-refractivity contribution is 0.0940. The molecule has 0 spiro atoms. The van der Waals surface area contributed by atoms with Gasteiger partial charge in [0.05, 0.1) is 30.1 Å². The first kappa shape index (κ1) is 23.1. The number of rotatable bonds is 7. The van der Waals surface area contributed by atoms with Crippen LogP contribution in [0.1, 0.15) is 58.4 Å². The lowest BCUT2D eigenvalue weighted by atomic mass is 9.89. The highest BCUT2D eigenvalue weighted by atomic mass is 32.2. The molecule has 1 aliphatic rings. The van der Waals surface area contributed by atoms with Crippen LogP contribution in [0.4, 0.5) is 5.69 Å². The summed E-state index contributed by atoms with van der Waals surface area (Å²) in [5.41, 5.74) is 5.39. The first-order valence-corrected chi connectivity index (χ1v) is 13.2. The van der Waals surface area contributed by atoms with E-state index in [4.69, 9.17) is 0 Å². The molecule has 0 radical (unpaired) electrons. The number of carbonyl (C=O) groups is 1. The van der Waals surface area contributed by atoms with Crippen molar-refractivity contribution in [3.8, 4) is 0 Å². The van der Waals surface area contributed by atoms with Gasteiger partial charge in [-0.2, -0.15) is 0 Å². The van der Waals surface area contributed by atoms with Gasteiger partial charge in [0.25, 0.3) is 5.91 Å². The number of nitrogens with zero attached hydrogens (tertiary/aromatic N) is 1. The van der Waals surface area contributed by atoms with Crippen LogP contribution in [0.2, 0.25) is 0 Å². The Hall–Kier alpha value is -3.12. The van der Waals surface area contributed by atoms with Crippen LogP contribution >= 0.6 is 0 Å². The second-order valence-electron chi connectivity index (χ2n) is 8.70. The predicted octanol–water partition coefficient (Wildman–Crippen LogP) is 5.02. The molecular weight excluding hydrogens is 432 g/mol. The van der Waals surface area contributed by atoms with Crippen LogP contribution in [0, 0.1) is 0 Å². The van der Waals surface area contributed by atoms with Gasteiger partial charge in [-0.15, -0.1) is 0 Å². The first-order valence-electron chi connectivity index (χ1n) is 11.4. The smallest absolute Gasteiger partial charge is 0.253 e. The number of anilines is 1. The standard InChI is InChI=1S/C27H30N2O3S/c1-20(23-17-16-22-12-6-7-13-24(22)18-23)28-27(30)25-14-8-9-15-26(25)29(33(2,31)32)19-21-10-4-3-5-11-21/h3-5,8-11,14-18,20H,6-7,12-13,19H2,1-2H3,(H,28,30). The summed E-state index contributed by atoms with van der Waals surface area (Å²) in [5.74, 6) is -0.294. The second kappa shape index (κ2) is 9.79. The Labute approximate surface area is 196 Å². The summed E-state index contributed by atoms with van der Waals surface area (Å²) in [7, 11) is -3.61. The highest BCUT2D eigenvalue weighted by molar-refractivity contribution is 7.92. The molecule has 5 nitrogen and oxygen atoms in total. The summed E-state index contributed by atoms with van der Waals surface area (Å²) >= 11 is 0. The van der Waals surface area contributed by atoms with E-state index in [1.165, 1.54) is 34.5 Å². The number of carbonyl (C=O) groups excluding carboxylic acids is 1. The van der Waals surface area contributed by atoms with E-state index in [9.17, 15) is 13.2 Å². The van der Waals surface area contributed by atoms with E-state index in [1.54, 1.807) is 24.3 Å². The number of amides is 1. The molecule has 0 aliphatic heterocycles. The predicted molar refractivity (Wildman–Crippen MR) is 133 cm³/mol. The fourth-order valence-electron chi connectivity index (χ4n) is 4.39. The van der Waals surface area contributed by atoms with E-state index in [0.717, 1.165) is 24.0 Å². The third kappa shape index (κ3) is 5.45. The zero-order valence-corrected chi connectivity index (χ0v) is 19.9. The maximum Gasteiger partial charge on any atom is 0.253 e. The topological polar surface area (TPSA) is 66.5 Å². The van der Waals surface area contributed by atoms with E-state index in [2.05, 4.69) is 23.5 Å². The van der Waals surface area contributed by atoms with Gasteiger partial charge < -0.3 is 5.32 Å². The van der Waals surface area contributed by atoms with Gasteiger partial charge >= 0.3 is 0 Å². The molecule has 0 saturated carbocycles. The Morgan fingerprint density at radius 1 is 0.939 bits per heavy atom. The molecule has 0 heterocycles. The van der Waals surface area contributed by atoms with Gasteiger partial charge in [-0.3, -0.25) is 9.10 Å². The average molecular weight is 463 g/mol. The van der Waals surface area contributed by atoms with Crippen molar-refractivity contribution in [3.63, 3.8) is 0 Å². The third-order valence-electron chi connectivity index (χ3n) is 6.21. The van der Waals surface area contributed by atoms with E-state index in [0.29, 0.717) is 11.3 Å². The van der Waals surface area contributed by atoms with Crippen molar-refractivity contribution in [1.29, 1.82) is 0 Å². The molecule has 1 unspecified atom stereocenters. The monoisotopic (exact) mass is 462 g/mol. The average Bonchev–Trinajstić information content (AvgIpc) is 2.82. The Balaban J connectivity index is 1.60. The molecular formula is C27H30N2O3S. The number of nitrogens with one attached hydrogen (secondary N) is 1. The minimum absolute atomic E-state index is 0.157. The molecule has 0 aromatic heterocycles. The lowest BCUT2D eigenvalue weighted by Gasteiger charge is -2.25. The molecule has 1 N–H and O–H groups in total. The number of benzene rings is 3. The molecule has 1 aliphatic carbocycles. The van der Waals surface area contributed by atoms with Crippen molar-refractivity contribution in [2.75, 3.05) is 10.6 Å². The van der Waals surface area contributed by atoms with Crippen LogP contribution in [-0.4, -0.2) is 20.6 Å². The van der Waals surface area contributed by atoms with Crippen molar-refractivity contribution in [1.82, 2.24) is 5.32 Å². The Bertz CT molecular complexity index is 1240. The fraction of sp³-hybridized carbons (Fsp3) is 0.296. The Kier molecular flexibility index (Phi) is 6.84. The number of fused-ring (bicyclic) bond motifs is 1. The quantitative estimate of drug-likeness (QED) is 0.536. The van der Waals surface area contributed by atoms with Gasteiger partial charge in [-0.05, 0) is 67.0 Å². The minimum atomic E-state index is -3.61. The van der Waals surface area contributed by atoms with E-state index < -0.39 is 10.0 Å². The van der Waals surface area contributed by atoms with Crippen molar-refractivity contribution in [3.05, 3.63) is 101 Å². The van der Waals surface area contributed by atoms with Crippen molar-refractivity contribution in [2.24, 2.45) is 0 Å². The molecule has 0 saturated heterocycles. The molecule has 3 aromatic rings. The number of para-hydroxylation sites is 1. The van der Waals surface area contributed by atoms with Crippen LogP contribution in [0.25, 0.3) is 0 Å².